The number of rotatable bonds is 6. The van der Waals surface area contributed by atoms with Crippen LogP contribution < -0.4 is 0 Å². The molecule has 1 spiro atoms. The number of ketones is 1. The molecule has 5 rings (SSSR count). The van der Waals surface area contributed by atoms with Crippen LogP contribution in [0.5, 0.6) is 0 Å². The summed E-state index contributed by atoms with van der Waals surface area (Å²) in [4.78, 5) is 53.3. The van der Waals surface area contributed by atoms with Gasteiger partial charge in [0, 0.05) is 29.7 Å². The Morgan fingerprint density at radius 3 is 2.35 bits per heavy atom. The van der Waals surface area contributed by atoms with Gasteiger partial charge in [0.15, 0.2) is 17.5 Å². The van der Waals surface area contributed by atoms with E-state index in [1.165, 1.54) is 6.92 Å². The molecule has 2 N–H and O–H groups in total. The third kappa shape index (κ3) is 4.11. The van der Waals surface area contributed by atoms with Crippen molar-refractivity contribution in [1.29, 1.82) is 0 Å². The highest BCUT2D eigenvalue weighted by atomic mass is 16.6. The van der Waals surface area contributed by atoms with Gasteiger partial charge in [-0.15, -0.1) is 0 Å². The number of ether oxygens (including phenoxy) is 3. The van der Waals surface area contributed by atoms with Crippen LogP contribution in [0.2, 0.25) is 0 Å². The average Bonchev–Trinajstić information content (AvgIpc) is 3.40. The number of hydrogen-bond donors (Lipinski definition) is 2. The van der Waals surface area contributed by atoms with Crippen molar-refractivity contribution in [3.05, 3.63) is 70.8 Å². The molecule has 2 saturated carbocycles. The molecular weight excluding hydrogens is 552 g/mol. The molecule has 9 nitrogen and oxygen atoms in total. The third-order valence-corrected chi connectivity index (χ3v) is 10.6. The standard InChI is InChI=1S/C34H40O9/c1-8-18(2)29(38)42-28-20(4)15-32-21(5)16-33(43-22(6)35)25(24(27(32)37)14-19(3)26(36)34(28,32)40)31(33,7)17-41-30(39)23-12-10-9-11-13-23/h8-15,21,24-26,28,36,40H,16-17H2,1-7H3. The molecule has 0 aromatic heterocycles. The van der Waals surface area contributed by atoms with Crippen molar-refractivity contribution in [2.45, 2.75) is 78.3 Å². The zero-order valence-corrected chi connectivity index (χ0v) is 25.7. The molecule has 9 atom stereocenters. The largest absolute Gasteiger partial charge is 0.461 e. The topological polar surface area (TPSA) is 136 Å². The van der Waals surface area contributed by atoms with Crippen molar-refractivity contribution in [3.8, 4) is 0 Å². The van der Waals surface area contributed by atoms with E-state index in [9.17, 15) is 29.4 Å². The third-order valence-electron chi connectivity index (χ3n) is 10.6. The Labute approximate surface area is 251 Å². The molecule has 4 aliphatic carbocycles. The van der Waals surface area contributed by atoms with Crippen LogP contribution in [0.25, 0.3) is 0 Å². The SMILES string of the molecule is CC=C(C)C(=O)OC1C(C)=CC23C(=O)C(C=C(C)C(O)C12O)C1C(C)(COC(=O)c2ccccc2)C1(OC(C)=O)CC3C. The fourth-order valence-corrected chi connectivity index (χ4v) is 8.34. The highest BCUT2D eigenvalue weighted by Crippen LogP contribution is 2.75. The van der Waals surface area contributed by atoms with Gasteiger partial charge in [-0.25, -0.2) is 9.59 Å². The molecule has 2 bridgehead atoms. The first kappa shape index (κ1) is 30.9. The maximum Gasteiger partial charge on any atom is 0.338 e. The molecule has 0 heterocycles. The number of esters is 3. The van der Waals surface area contributed by atoms with Gasteiger partial charge in [0.25, 0.3) is 0 Å². The second-order valence-electron chi connectivity index (χ2n) is 13.0. The normalized spacial score (nSPS) is 39.7. The van der Waals surface area contributed by atoms with Gasteiger partial charge in [-0.1, -0.05) is 50.3 Å². The van der Waals surface area contributed by atoms with E-state index in [0.29, 0.717) is 22.3 Å². The molecule has 0 saturated heterocycles. The Morgan fingerprint density at radius 1 is 1.09 bits per heavy atom. The monoisotopic (exact) mass is 592 g/mol. The van der Waals surface area contributed by atoms with Crippen LogP contribution in [-0.4, -0.2) is 63.9 Å². The lowest BCUT2D eigenvalue weighted by atomic mass is 9.59. The lowest BCUT2D eigenvalue weighted by Gasteiger charge is -2.49. The molecule has 9 heteroatoms. The molecule has 1 aromatic carbocycles. The van der Waals surface area contributed by atoms with E-state index in [0.717, 1.165) is 0 Å². The minimum Gasteiger partial charge on any atom is -0.461 e. The Kier molecular flexibility index (Phi) is 7.37. The molecule has 43 heavy (non-hydrogen) atoms. The molecule has 230 valence electrons. The Morgan fingerprint density at radius 2 is 1.74 bits per heavy atom. The maximum absolute atomic E-state index is 14.9. The minimum atomic E-state index is -2.21. The molecular formula is C34H40O9. The highest BCUT2D eigenvalue weighted by molar-refractivity contribution is 5.96. The summed E-state index contributed by atoms with van der Waals surface area (Å²) >= 11 is 0. The Balaban J connectivity index is 1.60. The average molecular weight is 593 g/mol. The quantitative estimate of drug-likeness (QED) is 0.218. The van der Waals surface area contributed by atoms with Gasteiger partial charge in [0.05, 0.1) is 11.0 Å². The molecule has 0 amide bonds. The molecule has 9 unspecified atom stereocenters. The van der Waals surface area contributed by atoms with Crippen molar-refractivity contribution in [3.63, 3.8) is 0 Å². The molecule has 4 aliphatic rings. The molecule has 1 aromatic rings. The zero-order chi connectivity index (χ0) is 31.7. The van der Waals surface area contributed by atoms with Crippen LogP contribution in [0.15, 0.2) is 65.3 Å². The first-order chi connectivity index (χ1) is 20.1. The summed E-state index contributed by atoms with van der Waals surface area (Å²) in [5.74, 6) is -4.30. The smallest absolute Gasteiger partial charge is 0.338 e. The fraction of sp³-hybridized carbons (Fsp3) is 0.529. The van der Waals surface area contributed by atoms with Crippen LogP contribution in [-0.2, 0) is 28.6 Å². The van der Waals surface area contributed by atoms with Gasteiger partial charge in [-0.3, -0.25) is 9.59 Å². The zero-order valence-electron chi connectivity index (χ0n) is 25.7. The molecule has 0 aliphatic heterocycles. The van der Waals surface area contributed by atoms with Gasteiger partial charge < -0.3 is 24.4 Å². The first-order valence-corrected chi connectivity index (χ1v) is 14.7. The summed E-state index contributed by atoms with van der Waals surface area (Å²) in [6.45, 7) is 11.4. The number of carbonyl (C=O) groups is 4. The van der Waals surface area contributed by atoms with Crippen LogP contribution in [0, 0.1) is 28.6 Å². The molecule has 0 radical (unpaired) electrons. The van der Waals surface area contributed by atoms with Crippen LogP contribution in [0.3, 0.4) is 0 Å². The van der Waals surface area contributed by atoms with Crippen LogP contribution in [0.1, 0.15) is 65.2 Å². The van der Waals surface area contributed by atoms with E-state index in [1.54, 1.807) is 83.2 Å². The van der Waals surface area contributed by atoms with E-state index in [-0.39, 0.29) is 18.8 Å². The van der Waals surface area contributed by atoms with Crippen LogP contribution in [0.4, 0.5) is 0 Å². The van der Waals surface area contributed by atoms with E-state index in [2.05, 4.69) is 0 Å². The number of Topliss-reactive ketones (excluding diaryl/α,β-unsaturated/α-hetero) is 1. The van der Waals surface area contributed by atoms with E-state index in [4.69, 9.17) is 14.2 Å². The fourth-order valence-electron chi connectivity index (χ4n) is 8.34. The van der Waals surface area contributed by atoms with Gasteiger partial charge in [-0.2, -0.15) is 0 Å². The van der Waals surface area contributed by atoms with Crippen molar-refractivity contribution in [1.82, 2.24) is 0 Å². The summed E-state index contributed by atoms with van der Waals surface area (Å²) in [6, 6.07) is 8.53. The second kappa shape index (κ2) is 10.3. The predicted molar refractivity (Wildman–Crippen MR) is 155 cm³/mol. The molecule has 2 fully saturated rings. The Hall–Kier alpha value is -3.56. The number of allylic oxidation sites excluding steroid dienone is 2. The summed E-state index contributed by atoms with van der Waals surface area (Å²) < 4.78 is 17.7. The van der Waals surface area contributed by atoms with Gasteiger partial charge in [0.1, 0.15) is 18.3 Å². The number of aliphatic hydroxyl groups is 2. The highest BCUT2D eigenvalue weighted by Gasteiger charge is 2.85. The van der Waals surface area contributed by atoms with Gasteiger partial charge >= 0.3 is 17.9 Å². The number of carbonyl (C=O) groups excluding carboxylic acids is 4. The van der Waals surface area contributed by atoms with Crippen molar-refractivity contribution >= 4 is 23.7 Å². The Bertz CT molecular complexity index is 1470. The van der Waals surface area contributed by atoms with Crippen molar-refractivity contribution < 1.29 is 43.6 Å². The first-order valence-electron chi connectivity index (χ1n) is 14.7. The summed E-state index contributed by atoms with van der Waals surface area (Å²) in [5, 5.41) is 24.3. The lowest BCUT2D eigenvalue weighted by molar-refractivity contribution is -0.202. The van der Waals surface area contributed by atoms with E-state index in [1.807, 2.05) is 6.92 Å². The van der Waals surface area contributed by atoms with E-state index < -0.39 is 69.9 Å². The van der Waals surface area contributed by atoms with Crippen molar-refractivity contribution in [2.75, 3.05) is 6.61 Å². The summed E-state index contributed by atoms with van der Waals surface area (Å²) in [6.07, 6.45) is 2.17. The van der Waals surface area contributed by atoms with Gasteiger partial charge in [0.2, 0.25) is 0 Å². The van der Waals surface area contributed by atoms with Crippen molar-refractivity contribution in [2.24, 2.45) is 28.6 Å². The predicted octanol–water partition coefficient (Wildman–Crippen LogP) is 3.88. The van der Waals surface area contributed by atoms with Crippen LogP contribution >= 0.6 is 0 Å². The number of aliphatic hydroxyl groups excluding tert-OH is 1. The van der Waals surface area contributed by atoms with E-state index >= 15 is 0 Å². The number of benzene rings is 1. The summed E-state index contributed by atoms with van der Waals surface area (Å²) in [7, 11) is 0. The second-order valence-corrected chi connectivity index (χ2v) is 13.0. The number of hydrogen-bond acceptors (Lipinski definition) is 9. The lowest BCUT2D eigenvalue weighted by Crippen LogP contribution is -2.65. The minimum absolute atomic E-state index is 0.111. The van der Waals surface area contributed by atoms with Gasteiger partial charge in [-0.05, 0) is 63.3 Å². The number of fused-ring (bicyclic) bond motifs is 3. The maximum atomic E-state index is 14.9. The summed E-state index contributed by atoms with van der Waals surface area (Å²) in [5.41, 5.74) is -4.53.